The Morgan fingerprint density at radius 1 is 1.30 bits per heavy atom. The average Bonchev–Trinajstić information content (AvgIpc) is 2.67. The number of methoxy groups -OCH3 is 1. The van der Waals surface area contributed by atoms with E-state index >= 15 is 0 Å². The zero-order chi connectivity index (χ0) is 20.0. The summed E-state index contributed by atoms with van der Waals surface area (Å²) in [4.78, 5) is 27.6. The van der Waals surface area contributed by atoms with Crippen molar-refractivity contribution in [2.75, 3.05) is 39.9 Å². The third-order valence-electron chi connectivity index (χ3n) is 4.78. The lowest BCUT2D eigenvalue weighted by atomic mass is 10.0. The zero-order valence-corrected chi connectivity index (χ0v) is 16.8. The Morgan fingerprint density at radius 3 is 2.48 bits per heavy atom. The van der Waals surface area contributed by atoms with Gasteiger partial charge < -0.3 is 19.5 Å². The molecule has 1 aliphatic rings. The topological polar surface area (TPSA) is 79.3 Å². The average molecular weight is 399 g/mol. The summed E-state index contributed by atoms with van der Waals surface area (Å²) in [6, 6.07) is 3.42. The number of carbonyl (C=O) groups is 2. The van der Waals surface area contributed by atoms with E-state index in [1.54, 1.807) is 17.0 Å². The van der Waals surface area contributed by atoms with Crippen LogP contribution in [0.3, 0.4) is 0 Å². The number of carbonyl (C=O) groups excluding carboxylic acids is 1. The summed E-state index contributed by atoms with van der Waals surface area (Å²) in [7, 11) is 1.51. The highest BCUT2D eigenvalue weighted by Gasteiger charge is 2.28. The Balaban J connectivity index is 2.07. The molecule has 1 aromatic rings. The quantitative estimate of drug-likeness (QED) is 0.725. The highest BCUT2D eigenvalue weighted by molar-refractivity contribution is 6.32. The number of amides is 1. The van der Waals surface area contributed by atoms with E-state index in [1.165, 1.54) is 7.11 Å². The molecule has 0 saturated carbocycles. The van der Waals surface area contributed by atoms with Crippen LogP contribution < -0.4 is 9.47 Å². The number of carboxylic acids is 1. The molecule has 0 radical (unpaired) electrons. The Labute approximate surface area is 164 Å². The van der Waals surface area contributed by atoms with Crippen molar-refractivity contribution in [2.45, 2.75) is 32.7 Å². The van der Waals surface area contributed by atoms with Crippen LogP contribution in [-0.4, -0.2) is 72.7 Å². The Hall–Kier alpha value is -1.99. The van der Waals surface area contributed by atoms with Gasteiger partial charge in [-0.05, 0) is 38.4 Å². The number of ether oxygens (including phenoxy) is 2. The van der Waals surface area contributed by atoms with Crippen molar-refractivity contribution >= 4 is 23.5 Å². The number of hydrogen-bond acceptors (Lipinski definition) is 5. The minimum atomic E-state index is -0.827. The van der Waals surface area contributed by atoms with E-state index in [2.05, 4.69) is 0 Å². The zero-order valence-electron chi connectivity index (χ0n) is 16.0. The van der Waals surface area contributed by atoms with Crippen LogP contribution in [0, 0.1) is 0 Å². The van der Waals surface area contributed by atoms with E-state index in [1.807, 2.05) is 18.7 Å². The molecule has 7 nitrogen and oxygen atoms in total. The molecule has 0 aromatic heterocycles. The monoisotopic (exact) mass is 398 g/mol. The second kappa shape index (κ2) is 9.80. The fourth-order valence-electron chi connectivity index (χ4n) is 3.42. The molecular formula is C19H27ClN2O5. The lowest BCUT2D eigenvalue weighted by Crippen LogP contribution is -2.48. The fraction of sp³-hybridized carbons (Fsp3) is 0.579. The van der Waals surface area contributed by atoms with Crippen LogP contribution in [0.25, 0.3) is 0 Å². The van der Waals surface area contributed by atoms with Gasteiger partial charge in [0.05, 0.1) is 25.3 Å². The normalized spacial score (nSPS) is 15.1. The van der Waals surface area contributed by atoms with Gasteiger partial charge in [-0.2, -0.15) is 0 Å². The van der Waals surface area contributed by atoms with Gasteiger partial charge in [-0.3, -0.25) is 14.5 Å². The van der Waals surface area contributed by atoms with Crippen molar-refractivity contribution < 1.29 is 24.2 Å². The van der Waals surface area contributed by atoms with Crippen molar-refractivity contribution in [1.29, 1.82) is 0 Å². The molecule has 1 aromatic carbocycles. The van der Waals surface area contributed by atoms with E-state index < -0.39 is 5.97 Å². The van der Waals surface area contributed by atoms with Crippen molar-refractivity contribution in [3.63, 3.8) is 0 Å². The van der Waals surface area contributed by atoms with E-state index in [9.17, 15) is 9.59 Å². The summed E-state index contributed by atoms with van der Waals surface area (Å²) in [6.07, 6.45) is 1.49. The van der Waals surface area contributed by atoms with Gasteiger partial charge in [0, 0.05) is 24.7 Å². The first kappa shape index (κ1) is 21.3. The number of likely N-dealkylation sites (tertiary alicyclic amines) is 1. The maximum absolute atomic E-state index is 12.9. The summed E-state index contributed by atoms with van der Waals surface area (Å²) < 4.78 is 10.8. The number of aliphatic carboxylic acids is 1. The van der Waals surface area contributed by atoms with Crippen molar-refractivity contribution in [3.05, 3.63) is 22.7 Å². The molecule has 2 rings (SSSR count). The van der Waals surface area contributed by atoms with Gasteiger partial charge in [-0.15, -0.1) is 0 Å². The van der Waals surface area contributed by atoms with E-state index in [0.717, 1.165) is 12.8 Å². The summed E-state index contributed by atoms with van der Waals surface area (Å²) in [5.74, 6) is -0.0742. The SMILES string of the molecule is CCOc1c(Cl)cc(C(=O)N2CCC(N(CC)CC(=O)O)CC2)cc1OC. The molecule has 1 aliphatic heterocycles. The summed E-state index contributed by atoms with van der Waals surface area (Å²) in [6.45, 7) is 6.11. The Bertz CT molecular complexity index is 674. The van der Waals surface area contributed by atoms with Gasteiger partial charge in [0.2, 0.25) is 0 Å². The first-order chi connectivity index (χ1) is 12.9. The molecule has 0 atom stereocenters. The van der Waals surface area contributed by atoms with E-state index in [0.29, 0.717) is 48.3 Å². The molecule has 1 saturated heterocycles. The Kier molecular flexibility index (Phi) is 7.74. The van der Waals surface area contributed by atoms with Gasteiger partial charge in [0.1, 0.15) is 0 Å². The first-order valence-corrected chi connectivity index (χ1v) is 9.54. The summed E-state index contributed by atoms with van der Waals surface area (Å²) in [5, 5.41) is 9.37. The van der Waals surface area contributed by atoms with Gasteiger partial charge in [0.25, 0.3) is 5.91 Å². The first-order valence-electron chi connectivity index (χ1n) is 9.16. The fourth-order valence-corrected chi connectivity index (χ4v) is 3.68. The van der Waals surface area contributed by atoms with E-state index in [4.69, 9.17) is 26.2 Å². The Morgan fingerprint density at radius 2 is 1.96 bits per heavy atom. The molecule has 0 aliphatic carbocycles. The number of benzene rings is 1. The van der Waals surface area contributed by atoms with Gasteiger partial charge in [-0.25, -0.2) is 0 Å². The lowest BCUT2D eigenvalue weighted by Gasteiger charge is -2.37. The van der Waals surface area contributed by atoms with Crippen LogP contribution in [-0.2, 0) is 4.79 Å². The van der Waals surface area contributed by atoms with Crippen molar-refractivity contribution in [2.24, 2.45) is 0 Å². The predicted molar refractivity (Wildman–Crippen MR) is 103 cm³/mol. The maximum Gasteiger partial charge on any atom is 0.317 e. The molecule has 0 spiro atoms. The number of carboxylic acid groups (broad SMARTS) is 1. The van der Waals surface area contributed by atoms with Gasteiger partial charge >= 0.3 is 5.97 Å². The second-order valence-corrected chi connectivity index (χ2v) is 6.81. The molecule has 1 heterocycles. The predicted octanol–water partition coefficient (Wildman–Crippen LogP) is 2.76. The second-order valence-electron chi connectivity index (χ2n) is 6.40. The van der Waals surface area contributed by atoms with Crippen molar-refractivity contribution in [1.82, 2.24) is 9.80 Å². The molecule has 27 heavy (non-hydrogen) atoms. The summed E-state index contributed by atoms with van der Waals surface area (Å²) >= 11 is 6.27. The van der Waals surface area contributed by atoms with Crippen LogP contribution in [0.4, 0.5) is 0 Å². The highest BCUT2D eigenvalue weighted by Crippen LogP contribution is 2.37. The highest BCUT2D eigenvalue weighted by atomic mass is 35.5. The molecule has 1 amide bonds. The number of halogens is 1. The van der Waals surface area contributed by atoms with Crippen LogP contribution in [0.5, 0.6) is 11.5 Å². The number of likely N-dealkylation sites (N-methyl/N-ethyl adjacent to an activating group) is 1. The number of hydrogen-bond donors (Lipinski definition) is 1. The largest absolute Gasteiger partial charge is 0.493 e. The maximum atomic E-state index is 12.9. The smallest absolute Gasteiger partial charge is 0.317 e. The molecule has 0 unspecified atom stereocenters. The van der Waals surface area contributed by atoms with E-state index in [-0.39, 0.29) is 18.5 Å². The molecule has 150 valence electrons. The number of nitrogens with zero attached hydrogens (tertiary/aromatic N) is 2. The number of piperidine rings is 1. The third kappa shape index (κ3) is 5.26. The summed E-state index contributed by atoms with van der Waals surface area (Å²) in [5.41, 5.74) is 0.455. The molecule has 0 bridgehead atoms. The standard InChI is InChI=1S/C19H27ClN2O5/c1-4-21(12-17(23)24)14-6-8-22(9-7-14)19(25)13-10-15(20)18(27-5-2)16(11-13)26-3/h10-11,14H,4-9,12H2,1-3H3,(H,23,24). The number of rotatable bonds is 8. The van der Waals surface area contributed by atoms with Crippen LogP contribution in [0.1, 0.15) is 37.0 Å². The lowest BCUT2D eigenvalue weighted by molar-refractivity contribution is -0.139. The molecule has 8 heteroatoms. The van der Waals surface area contributed by atoms with Crippen LogP contribution in [0.15, 0.2) is 12.1 Å². The minimum absolute atomic E-state index is 0.0286. The minimum Gasteiger partial charge on any atom is -0.493 e. The van der Waals surface area contributed by atoms with Gasteiger partial charge in [0.15, 0.2) is 11.5 Å². The molecule has 1 N–H and O–H groups in total. The third-order valence-corrected chi connectivity index (χ3v) is 5.06. The van der Waals surface area contributed by atoms with Crippen LogP contribution >= 0.6 is 11.6 Å². The van der Waals surface area contributed by atoms with Crippen LogP contribution in [0.2, 0.25) is 5.02 Å². The van der Waals surface area contributed by atoms with Crippen molar-refractivity contribution in [3.8, 4) is 11.5 Å². The molecule has 1 fully saturated rings. The molecular weight excluding hydrogens is 372 g/mol. The van der Waals surface area contributed by atoms with Gasteiger partial charge in [-0.1, -0.05) is 18.5 Å².